The minimum absolute atomic E-state index is 0.715. The van der Waals surface area contributed by atoms with E-state index in [-0.39, 0.29) is 0 Å². The summed E-state index contributed by atoms with van der Waals surface area (Å²) < 4.78 is 3.18. The minimum atomic E-state index is 0.715. The molecule has 0 aliphatic carbocycles. The molecule has 2 aromatic heterocycles. The summed E-state index contributed by atoms with van der Waals surface area (Å²) in [4.78, 5) is 5.61. The van der Waals surface area contributed by atoms with E-state index in [1.807, 2.05) is 29.1 Å². The van der Waals surface area contributed by atoms with Crippen LogP contribution in [-0.4, -0.2) is 29.3 Å². The molecule has 2 rings (SSSR count). The van der Waals surface area contributed by atoms with Crippen LogP contribution in [0.3, 0.4) is 0 Å². The molecule has 5 nitrogen and oxygen atoms in total. The number of thiophene rings is 1. The third kappa shape index (κ3) is 4.48. The second kappa shape index (κ2) is 7.63. The van der Waals surface area contributed by atoms with Gasteiger partial charge in [-0.1, -0.05) is 0 Å². The molecule has 0 saturated carbocycles. The molecular formula is C13H18IN5S. The zero-order chi connectivity index (χ0) is 14.4. The first kappa shape index (κ1) is 15.3. The van der Waals surface area contributed by atoms with Crippen LogP contribution in [0.5, 0.6) is 0 Å². The third-order valence-corrected chi connectivity index (χ3v) is 4.83. The van der Waals surface area contributed by atoms with Crippen molar-refractivity contribution in [2.45, 2.75) is 13.0 Å². The molecule has 108 valence electrons. The highest BCUT2D eigenvalue weighted by Crippen LogP contribution is 2.18. The normalized spacial score (nSPS) is 11.7. The van der Waals surface area contributed by atoms with Gasteiger partial charge in [-0.05, 0) is 47.2 Å². The summed E-state index contributed by atoms with van der Waals surface area (Å²) in [6.45, 7) is 1.59. The molecule has 0 saturated heterocycles. The monoisotopic (exact) mass is 403 g/mol. The van der Waals surface area contributed by atoms with Crippen molar-refractivity contribution in [3.63, 3.8) is 0 Å². The molecule has 0 atom stereocenters. The van der Waals surface area contributed by atoms with Gasteiger partial charge in [0, 0.05) is 31.7 Å². The van der Waals surface area contributed by atoms with Gasteiger partial charge in [0.1, 0.15) is 0 Å². The van der Waals surface area contributed by atoms with E-state index in [9.17, 15) is 0 Å². The van der Waals surface area contributed by atoms with Crippen molar-refractivity contribution in [1.82, 2.24) is 20.4 Å². The molecule has 0 amide bonds. The lowest BCUT2D eigenvalue weighted by Crippen LogP contribution is -2.38. The second-order valence-electron chi connectivity index (χ2n) is 4.25. The van der Waals surface area contributed by atoms with Crippen LogP contribution in [0.25, 0.3) is 0 Å². The molecule has 2 N–H and O–H groups in total. The first-order valence-electron chi connectivity index (χ1n) is 6.34. The van der Waals surface area contributed by atoms with Crippen molar-refractivity contribution < 1.29 is 0 Å². The van der Waals surface area contributed by atoms with Crippen molar-refractivity contribution >= 4 is 39.9 Å². The van der Waals surface area contributed by atoms with Crippen LogP contribution in [0.4, 0.5) is 0 Å². The number of hydrogen-bond donors (Lipinski definition) is 2. The summed E-state index contributed by atoms with van der Waals surface area (Å²) >= 11 is 4.18. The van der Waals surface area contributed by atoms with Gasteiger partial charge in [0.15, 0.2) is 5.96 Å². The molecule has 2 aromatic rings. The SMILES string of the molecule is CN=C(NCCc1ccc(I)s1)NCc1ccnn1C. The molecule has 0 unspecified atom stereocenters. The highest BCUT2D eigenvalue weighted by Gasteiger charge is 2.02. The molecule has 0 fully saturated rings. The van der Waals surface area contributed by atoms with Gasteiger partial charge in [0.05, 0.1) is 15.1 Å². The summed E-state index contributed by atoms with van der Waals surface area (Å²) in [6, 6.07) is 6.32. The van der Waals surface area contributed by atoms with E-state index in [0.717, 1.165) is 24.6 Å². The Kier molecular flexibility index (Phi) is 5.84. The highest BCUT2D eigenvalue weighted by atomic mass is 127. The second-order valence-corrected chi connectivity index (χ2v) is 7.32. The average Bonchev–Trinajstić information content (AvgIpc) is 3.03. The topological polar surface area (TPSA) is 54.2 Å². The Balaban J connectivity index is 1.74. The van der Waals surface area contributed by atoms with Gasteiger partial charge in [0.25, 0.3) is 0 Å². The van der Waals surface area contributed by atoms with E-state index < -0.39 is 0 Å². The number of nitrogens with one attached hydrogen (secondary N) is 2. The van der Waals surface area contributed by atoms with Crippen LogP contribution < -0.4 is 10.6 Å². The van der Waals surface area contributed by atoms with Crippen molar-refractivity contribution in [3.05, 3.63) is 37.9 Å². The minimum Gasteiger partial charge on any atom is -0.356 e. The van der Waals surface area contributed by atoms with Gasteiger partial charge in [-0.15, -0.1) is 11.3 Å². The van der Waals surface area contributed by atoms with E-state index in [1.165, 1.54) is 7.76 Å². The first-order chi connectivity index (χ1) is 9.69. The first-order valence-corrected chi connectivity index (χ1v) is 8.24. The fourth-order valence-corrected chi connectivity index (χ4v) is 3.51. The summed E-state index contributed by atoms with van der Waals surface area (Å²) in [5, 5.41) is 10.7. The van der Waals surface area contributed by atoms with Crippen LogP contribution in [-0.2, 0) is 20.0 Å². The Bertz CT molecular complexity index is 575. The van der Waals surface area contributed by atoms with Crippen LogP contribution in [0.15, 0.2) is 29.4 Å². The molecule has 2 heterocycles. The zero-order valence-corrected chi connectivity index (χ0v) is 14.5. The van der Waals surface area contributed by atoms with Crippen LogP contribution in [0, 0.1) is 2.88 Å². The Hall–Kier alpha value is -1.09. The number of aromatic nitrogens is 2. The number of hydrogen-bond acceptors (Lipinski definition) is 3. The summed E-state index contributed by atoms with van der Waals surface area (Å²) in [5.74, 6) is 0.817. The largest absolute Gasteiger partial charge is 0.356 e. The molecule has 20 heavy (non-hydrogen) atoms. The number of rotatable bonds is 5. The number of aliphatic imine (C=N–C) groups is 1. The maximum Gasteiger partial charge on any atom is 0.191 e. The average molecular weight is 403 g/mol. The molecule has 0 aromatic carbocycles. The van der Waals surface area contributed by atoms with Crippen LogP contribution in [0.2, 0.25) is 0 Å². The van der Waals surface area contributed by atoms with Crippen LogP contribution >= 0.6 is 33.9 Å². The van der Waals surface area contributed by atoms with E-state index >= 15 is 0 Å². The lowest BCUT2D eigenvalue weighted by Gasteiger charge is -2.11. The Labute approximate surface area is 136 Å². The quantitative estimate of drug-likeness (QED) is 0.456. The summed E-state index contributed by atoms with van der Waals surface area (Å²) in [5.41, 5.74) is 1.13. The van der Waals surface area contributed by atoms with Crippen molar-refractivity contribution in [1.29, 1.82) is 0 Å². The van der Waals surface area contributed by atoms with E-state index in [4.69, 9.17) is 0 Å². The lowest BCUT2D eigenvalue weighted by molar-refractivity contribution is 0.684. The maximum absolute atomic E-state index is 4.22. The van der Waals surface area contributed by atoms with Crippen molar-refractivity contribution in [3.8, 4) is 0 Å². The van der Waals surface area contributed by atoms with Crippen molar-refractivity contribution in [2.75, 3.05) is 13.6 Å². The standard InChI is InChI=1S/C13H18IN5S/c1-15-13(17-9-10-5-8-18-19(10)2)16-7-6-11-3-4-12(14)20-11/h3-5,8H,6-7,9H2,1-2H3,(H2,15,16,17). The Morgan fingerprint density at radius 2 is 2.25 bits per heavy atom. The van der Waals surface area contributed by atoms with Gasteiger partial charge in [0.2, 0.25) is 0 Å². The smallest absolute Gasteiger partial charge is 0.191 e. The van der Waals surface area contributed by atoms with E-state index in [0.29, 0.717) is 6.54 Å². The van der Waals surface area contributed by atoms with Gasteiger partial charge >= 0.3 is 0 Å². The fourth-order valence-electron chi connectivity index (χ4n) is 1.76. The Morgan fingerprint density at radius 1 is 1.40 bits per heavy atom. The molecule has 0 spiro atoms. The van der Waals surface area contributed by atoms with E-state index in [1.54, 1.807) is 13.2 Å². The Morgan fingerprint density at radius 3 is 2.85 bits per heavy atom. The summed E-state index contributed by atoms with van der Waals surface area (Å²) in [7, 11) is 3.72. The van der Waals surface area contributed by atoms with Gasteiger partial charge in [-0.2, -0.15) is 5.10 Å². The maximum atomic E-state index is 4.22. The number of halogens is 1. The van der Waals surface area contributed by atoms with Gasteiger partial charge in [-0.3, -0.25) is 9.67 Å². The van der Waals surface area contributed by atoms with Crippen molar-refractivity contribution in [2.24, 2.45) is 12.0 Å². The molecule has 0 aliphatic heterocycles. The van der Waals surface area contributed by atoms with Gasteiger partial charge < -0.3 is 10.6 Å². The predicted molar refractivity (Wildman–Crippen MR) is 92.1 cm³/mol. The zero-order valence-electron chi connectivity index (χ0n) is 11.6. The lowest BCUT2D eigenvalue weighted by atomic mass is 10.3. The molecule has 7 heteroatoms. The van der Waals surface area contributed by atoms with E-state index in [2.05, 4.69) is 55.4 Å². The number of aryl methyl sites for hydroxylation is 1. The summed E-state index contributed by atoms with van der Waals surface area (Å²) in [6.07, 6.45) is 2.81. The third-order valence-electron chi connectivity index (χ3n) is 2.88. The molecule has 0 bridgehead atoms. The van der Waals surface area contributed by atoms with Crippen LogP contribution in [0.1, 0.15) is 10.6 Å². The fraction of sp³-hybridized carbons (Fsp3) is 0.385. The number of nitrogens with zero attached hydrogens (tertiary/aromatic N) is 3. The molecule has 0 radical (unpaired) electrons. The van der Waals surface area contributed by atoms with Gasteiger partial charge in [-0.25, -0.2) is 0 Å². The number of guanidine groups is 1. The molecular weight excluding hydrogens is 385 g/mol. The predicted octanol–water partition coefficient (Wildman–Crippen LogP) is 1.99. The molecule has 0 aliphatic rings. The highest BCUT2D eigenvalue weighted by molar-refractivity contribution is 14.1.